The zero-order valence-electron chi connectivity index (χ0n) is 15.0. The van der Waals surface area contributed by atoms with Gasteiger partial charge in [-0.2, -0.15) is 5.10 Å². The number of amides is 1. The van der Waals surface area contributed by atoms with Crippen LogP contribution in [0.4, 0.5) is 0 Å². The molecular weight excluding hydrogens is 384 g/mol. The first-order chi connectivity index (χ1) is 13.4. The maximum atomic E-state index is 11.9. The average molecular weight is 402 g/mol. The SMILES string of the molecule is COc1cc(/C=N\NC(=O)Cc2cc(=O)[nH]c(=S)[nH]2)ccc1OC(=O)C1CC1. The first kappa shape index (κ1) is 19.5. The topological polar surface area (TPSA) is 126 Å². The van der Waals surface area contributed by atoms with Crippen LogP contribution in [0, 0.1) is 10.7 Å². The predicted molar refractivity (Wildman–Crippen MR) is 103 cm³/mol. The van der Waals surface area contributed by atoms with Gasteiger partial charge in [-0.3, -0.25) is 19.4 Å². The smallest absolute Gasteiger partial charge is 0.314 e. The lowest BCUT2D eigenvalue weighted by atomic mass is 10.2. The number of hydrogen-bond acceptors (Lipinski definition) is 7. The third kappa shape index (κ3) is 5.36. The number of nitrogens with zero attached hydrogens (tertiary/aromatic N) is 1. The van der Waals surface area contributed by atoms with Crippen LogP contribution >= 0.6 is 12.2 Å². The molecule has 3 N–H and O–H groups in total. The fourth-order valence-electron chi connectivity index (χ4n) is 2.37. The number of hydrogen-bond donors (Lipinski definition) is 3. The minimum Gasteiger partial charge on any atom is -0.493 e. The zero-order chi connectivity index (χ0) is 20.1. The Balaban J connectivity index is 1.60. The lowest BCUT2D eigenvalue weighted by molar-refractivity contribution is -0.135. The highest BCUT2D eigenvalue weighted by molar-refractivity contribution is 7.71. The van der Waals surface area contributed by atoms with Gasteiger partial charge in [-0.1, -0.05) is 0 Å². The minimum atomic E-state index is -0.422. The van der Waals surface area contributed by atoms with Crippen molar-refractivity contribution in [1.82, 2.24) is 15.4 Å². The highest BCUT2D eigenvalue weighted by Gasteiger charge is 2.32. The summed E-state index contributed by atoms with van der Waals surface area (Å²) in [4.78, 5) is 40.2. The van der Waals surface area contributed by atoms with Crippen LogP contribution in [0.15, 0.2) is 34.2 Å². The van der Waals surface area contributed by atoms with Gasteiger partial charge in [-0.15, -0.1) is 0 Å². The summed E-state index contributed by atoms with van der Waals surface area (Å²) in [5.74, 6) is 0.0288. The molecule has 28 heavy (non-hydrogen) atoms. The van der Waals surface area contributed by atoms with Crippen molar-refractivity contribution >= 4 is 30.3 Å². The Bertz CT molecular complexity index is 1010. The van der Waals surface area contributed by atoms with Gasteiger partial charge in [0.25, 0.3) is 5.56 Å². The van der Waals surface area contributed by atoms with Gasteiger partial charge in [0.05, 0.1) is 25.7 Å². The Morgan fingerprint density at radius 3 is 2.75 bits per heavy atom. The van der Waals surface area contributed by atoms with E-state index >= 15 is 0 Å². The summed E-state index contributed by atoms with van der Waals surface area (Å²) in [5.41, 5.74) is 3.00. The number of hydrazone groups is 1. The summed E-state index contributed by atoms with van der Waals surface area (Å²) in [6, 6.07) is 6.19. The first-order valence-corrected chi connectivity index (χ1v) is 8.89. The van der Waals surface area contributed by atoms with E-state index in [-0.39, 0.29) is 28.6 Å². The lowest BCUT2D eigenvalue weighted by Gasteiger charge is -2.09. The second-order valence-corrected chi connectivity index (χ2v) is 6.60. The molecule has 1 saturated carbocycles. The molecule has 0 atom stereocenters. The number of H-pyrrole nitrogens is 2. The van der Waals surface area contributed by atoms with Crippen LogP contribution in [0.5, 0.6) is 11.5 Å². The number of methoxy groups -OCH3 is 1. The first-order valence-electron chi connectivity index (χ1n) is 8.49. The molecule has 0 aliphatic heterocycles. The third-order valence-electron chi connectivity index (χ3n) is 3.88. The number of ether oxygens (including phenoxy) is 2. The summed E-state index contributed by atoms with van der Waals surface area (Å²) in [6.07, 6.45) is 3.06. The molecule has 1 aromatic carbocycles. The number of carbonyl (C=O) groups excluding carboxylic acids is 2. The zero-order valence-corrected chi connectivity index (χ0v) is 15.8. The number of esters is 1. The maximum absolute atomic E-state index is 11.9. The predicted octanol–water partition coefficient (Wildman–Crippen LogP) is 1.45. The number of rotatable bonds is 7. The van der Waals surface area contributed by atoms with Crippen molar-refractivity contribution in [1.29, 1.82) is 0 Å². The van der Waals surface area contributed by atoms with E-state index < -0.39 is 5.91 Å². The van der Waals surface area contributed by atoms with Gasteiger partial charge < -0.3 is 14.5 Å². The van der Waals surface area contributed by atoms with E-state index in [1.807, 2.05) is 0 Å². The van der Waals surface area contributed by atoms with E-state index in [1.165, 1.54) is 19.4 Å². The molecule has 1 aliphatic rings. The van der Waals surface area contributed by atoms with E-state index in [1.54, 1.807) is 18.2 Å². The van der Waals surface area contributed by atoms with Crippen molar-refractivity contribution in [2.24, 2.45) is 11.0 Å². The van der Waals surface area contributed by atoms with Crippen LogP contribution in [-0.2, 0) is 16.0 Å². The Kier molecular flexibility index (Phi) is 5.99. The van der Waals surface area contributed by atoms with Crippen LogP contribution < -0.4 is 20.5 Å². The van der Waals surface area contributed by atoms with Gasteiger partial charge in [0.15, 0.2) is 16.3 Å². The van der Waals surface area contributed by atoms with Gasteiger partial charge in [-0.25, -0.2) is 5.43 Å². The summed E-state index contributed by atoms with van der Waals surface area (Å²) in [7, 11) is 1.47. The number of benzene rings is 1. The fourth-order valence-corrected chi connectivity index (χ4v) is 2.60. The average Bonchev–Trinajstić information content (AvgIpc) is 3.47. The van der Waals surface area contributed by atoms with Gasteiger partial charge in [0, 0.05) is 11.8 Å². The Morgan fingerprint density at radius 2 is 2.07 bits per heavy atom. The number of aromatic amines is 2. The van der Waals surface area contributed by atoms with Crippen molar-refractivity contribution in [3.63, 3.8) is 0 Å². The second-order valence-electron chi connectivity index (χ2n) is 6.19. The molecule has 0 saturated heterocycles. The maximum Gasteiger partial charge on any atom is 0.314 e. The van der Waals surface area contributed by atoms with Crippen LogP contribution in [0.2, 0.25) is 0 Å². The van der Waals surface area contributed by atoms with Crippen molar-refractivity contribution in [3.05, 3.63) is 50.6 Å². The molecule has 1 amide bonds. The largest absolute Gasteiger partial charge is 0.493 e. The van der Waals surface area contributed by atoms with Crippen molar-refractivity contribution in [2.45, 2.75) is 19.3 Å². The molecule has 2 aromatic rings. The molecule has 1 fully saturated rings. The van der Waals surface area contributed by atoms with Crippen LogP contribution in [0.3, 0.4) is 0 Å². The number of carbonyl (C=O) groups is 2. The summed E-state index contributed by atoms with van der Waals surface area (Å²) in [6.45, 7) is 0. The van der Waals surface area contributed by atoms with Gasteiger partial charge in [0.2, 0.25) is 5.91 Å². The van der Waals surface area contributed by atoms with Crippen LogP contribution in [-0.4, -0.2) is 35.2 Å². The van der Waals surface area contributed by atoms with E-state index in [9.17, 15) is 14.4 Å². The Labute approximate surface area is 164 Å². The van der Waals surface area contributed by atoms with Gasteiger partial charge in [-0.05, 0) is 48.8 Å². The molecular formula is C18H18N4O5S. The minimum absolute atomic E-state index is 0.0182. The van der Waals surface area contributed by atoms with E-state index in [0.717, 1.165) is 12.8 Å². The van der Waals surface area contributed by atoms with Gasteiger partial charge in [0.1, 0.15) is 0 Å². The molecule has 0 unspecified atom stereocenters. The van der Waals surface area contributed by atoms with Crippen LogP contribution in [0.25, 0.3) is 0 Å². The molecule has 0 radical (unpaired) electrons. The molecule has 0 spiro atoms. The monoisotopic (exact) mass is 402 g/mol. The third-order valence-corrected chi connectivity index (χ3v) is 4.08. The standard InChI is InChI=1S/C18H18N4O5S/c1-26-14-6-10(2-5-13(14)27-17(25)11-3-4-11)9-19-22-16(24)8-12-7-15(23)21-18(28)20-12/h2,5-7,9,11H,3-4,8H2,1H3,(H,22,24)(H2,20,21,23,28)/b19-9-. The normalized spacial score (nSPS) is 13.3. The molecule has 1 heterocycles. The molecule has 1 aromatic heterocycles. The van der Waals surface area contributed by atoms with Crippen molar-refractivity contribution in [3.8, 4) is 11.5 Å². The Hall–Kier alpha value is -3.27. The number of aromatic nitrogens is 2. The molecule has 9 nitrogen and oxygen atoms in total. The summed E-state index contributed by atoms with van der Waals surface area (Å²) >= 11 is 4.85. The van der Waals surface area contributed by atoms with E-state index in [0.29, 0.717) is 22.8 Å². The highest BCUT2D eigenvalue weighted by Crippen LogP contribution is 2.34. The summed E-state index contributed by atoms with van der Waals surface area (Å²) in [5, 5.41) is 3.87. The van der Waals surface area contributed by atoms with E-state index in [2.05, 4.69) is 20.5 Å². The fraction of sp³-hybridized carbons (Fsp3) is 0.278. The number of nitrogens with one attached hydrogen (secondary N) is 3. The van der Waals surface area contributed by atoms with Gasteiger partial charge >= 0.3 is 5.97 Å². The lowest BCUT2D eigenvalue weighted by Crippen LogP contribution is -2.21. The second kappa shape index (κ2) is 8.61. The van der Waals surface area contributed by atoms with Crippen molar-refractivity contribution < 1.29 is 19.1 Å². The quantitative estimate of drug-likeness (QED) is 0.212. The van der Waals surface area contributed by atoms with Crippen LogP contribution in [0.1, 0.15) is 24.1 Å². The molecule has 1 aliphatic carbocycles. The molecule has 146 valence electrons. The van der Waals surface area contributed by atoms with Crippen molar-refractivity contribution in [2.75, 3.05) is 7.11 Å². The molecule has 3 rings (SSSR count). The van der Waals surface area contributed by atoms with E-state index in [4.69, 9.17) is 21.7 Å². The highest BCUT2D eigenvalue weighted by atomic mass is 32.1. The molecule has 0 bridgehead atoms. The summed E-state index contributed by atoms with van der Waals surface area (Å²) < 4.78 is 10.7. The Morgan fingerprint density at radius 1 is 1.29 bits per heavy atom. The molecule has 10 heteroatoms.